The summed E-state index contributed by atoms with van der Waals surface area (Å²) in [6.07, 6.45) is 7.44. The van der Waals surface area contributed by atoms with E-state index in [2.05, 4.69) is 52.6 Å². The summed E-state index contributed by atoms with van der Waals surface area (Å²) in [5, 5.41) is 0. The monoisotopic (exact) mass is 263 g/mol. The van der Waals surface area contributed by atoms with Gasteiger partial charge < -0.3 is 0 Å². The zero-order chi connectivity index (χ0) is 13.9. The maximum atomic E-state index is 4.54. The molecule has 1 aromatic carbocycles. The maximum Gasteiger partial charge on any atom is 0.144 e. The molecule has 0 saturated carbocycles. The van der Waals surface area contributed by atoms with E-state index in [1.807, 2.05) is 30.7 Å². The third-order valence-electron chi connectivity index (χ3n) is 3.39. The van der Waals surface area contributed by atoms with E-state index < -0.39 is 0 Å². The van der Waals surface area contributed by atoms with Gasteiger partial charge in [-0.25, -0.2) is 4.98 Å². The average Bonchev–Trinajstić information content (AvgIpc) is 2.97. The van der Waals surface area contributed by atoms with Gasteiger partial charge in [0.25, 0.3) is 0 Å². The molecule has 3 nitrogen and oxygen atoms in total. The van der Waals surface area contributed by atoms with Crippen molar-refractivity contribution in [1.29, 1.82) is 0 Å². The maximum absolute atomic E-state index is 4.54. The van der Waals surface area contributed by atoms with Crippen LogP contribution in [0.15, 0.2) is 61.2 Å². The van der Waals surface area contributed by atoms with Gasteiger partial charge in [-0.1, -0.05) is 38.1 Å². The van der Waals surface area contributed by atoms with E-state index in [-0.39, 0.29) is 0 Å². The van der Waals surface area contributed by atoms with Gasteiger partial charge in [0.15, 0.2) is 0 Å². The zero-order valence-electron chi connectivity index (χ0n) is 11.7. The zero-order valence-corrected chi connectivity index (χ0v) is 11.7. The fourth-order valence-electron chi connectivity index (χ4n) is 2.41. The highest BCUT2D eigenvalue weighted by Gasteiger charge is 2.13. The Balaban J connectivity index is 2.16. The van der Waals surface area contributed by atoms with Crippen LogP contribution in [0.2, 0.25) is 0 Å². The molecule has 20 heavy (non-hydrogen) atoms. The molecule has 2 heterocycles. The predicted octanol–water partition coefficient (Wildman–Crippen LogP) is 4.06. The van der Waals surface area contributed by atoms with E-state index in [0.717, 1.165) is 11.5 Å². The van der Waals surface area contributed by atoms with Gasteiger partial charge in [-0.2, -0.15) is 0 Å². The fraction of sp³-hybridized carbons (Fsp3) is 0.176. The molecule has 0 fully saturated rings. The molecule has 0 aliphatic rings. The van der Waals surface area contributed by atoms with Crippen molar-refractivity contribution in [3.8, 4) is 17.1 Å². The van der Waals surface area contributed by atoms with Crippen LogP contribution in [0.3, 0.4) is 0 Å². The minimum atomic E-state index is 0.463. The molecule has 0 spiro atoms. The first-order valence-electron chi connectivity index (χ1n) is 6.80. The van der Waals surface area contributed by atoms with E-state index >= 15 is 0 Å². The minimum absolute atomic E-state index is 0.463. The molecule has 0 unspecified atom stereocenters. The fourth-order valence-corrected chi connectivity index (χ4v) is 2.41. The predicted molar refractivity (Wildman–Crippen MR) is 80.9 cm³/mol. The molecule has 0 radical (unpaired) electrons. The van der Waals surface area contributed by atoms with Crippen LogP contribution in [0, 0.1) is 0 Å². The molecule has 0 N–H and O–H groups in total. The number of nitrogens with zero attached hydrogens (tertiary/aromatic N) is 3. The number of imidazole rings is 1. The van der Waals surface area contributed by atoms with Crippen LogP contribution >= 0.6 is 0 Å². The number of aromatic nitrogens is 3. The van der Waals surface area contributed by atoms with Crippen LogP contribution in [0.25, 0.3) is 17.1 Å². The second kappa shape index (κ2) is 5.29. The molecule has 2 aromatic heterocycles. The van der Waals surface area contributed by atoms with Gasteiger partial charge in [0.2, 0.25) is 0 Å². The first-order chi connectivity index (χ1) is 9.77. The minimum Gasteiger partial charge on any atom is -0.298 e. The van der Waals surface area contributed by atoms with E-state index in [4.69, 9.17) is 0 Å². The van der Waals surface area contributed by atoms with Crippen molar-refractivity contribution in [3.05, 3.63) is 66.7 Å². The van der Waals surface area contributed by atoms with Crippen LogP contribution in [0.5, 0.6) is 0 Å². The second-order valence-corrected chi connectivity index (χ2v) is 5.07. The highest BCUT2D eigenvalue weighted by atomic mass is 15.1. The Labute approximate surface area is 118 Å². The number of hydrogen-bond donors (Lipinski definition) is 0. The third-order valence-corrected chi connectivity index (χ3v) is 3.39. The lowest BCUT2D eigenvalue weighted by molar-refractivity contribution is 0.865. The number of rotatable bonds is 3. The lowest BCUT2D eigenvalue weighted by atomic mass is 9.97. The highest BCUT2D eigenvalue weighted by molar-refractivity contribution is 5.63. The molecule has 0 amide bonds. The highest BCUT2D eigenvalue weighted by Crippen LogP contribution is 2.29. The Morgan fingerprint density at radius 3 is 2.60 bits per heavy atom. The molecule has 100 valence electrons. The van der Waals surface area contributed by atoms with Gasteiger partial charge in [0, 0.05) is 24.2 Å². The summed E-state index contributed by atoms with van der Waals surface area (Å²) >= 11 is 0. The molecular formula is C17H17N3. The Bertz CT molecular complexity index is 699. The average molecular weight is 263 g/mol. The SMILES string of the molecule is CC(C)c1ccccc1-c1nccn1-c1cccnc1. The summed E-state index contributed by atoms with van der Waals surface area (Å²) in [5.41, 5.74) is 3.51. The van der Waals surface area contributed by atoms with Crippen LogP contribution in [-0.2, 0) is 0 Å². The summed E-state index contributed by atoms with van der Waals surface area (Å²) in [4.78, 5) is 8.73. The normalized spacial score (nSPS) is 10.9. The van der Waals surface area contributed by atoms with Crippen molar-refractivity contribution < 1.29 is 0 Å². The van der Waals surface area contributed by atoms with Gasteiger partial charge in [-0.05, 0) is 23.6 Å². The van der Waals surface area contributed by atoms with E-state index in [0.29, 0.717) is 5.92 Å². The molecule has 0 atom stereocenters. The summed E-state index contributed by atoms with van der Waals surface area (Å²) in [7, 11) is 0. The van der Waals surface area contributed by atoms with Crippen molar-refractivity contribution in [2.45, 2.75) is 19.8 Å². The summed E-state index contributed by atoms with van der Waals surface area (Å²) < 4.78 is 2.08. The molecule has 3 rings (SSSR count). The molecule has 0 aliphatic carbocycles. The number of pyridine rings is 1. The molecule has 3 heteroatoms. The summed E-state index contributed by atoms with van der Waals surface area (Å²) in [6.45, 7) is 4.41. The Morgan fingerprint density at radius 2 is 1.85 bits per heavy atom. The molecular weight excluding hydrogens is 246 g/mol. The largest absolute Gasteiger partial charge is 0.298 e. The van der Waals surface area contributed by atoms with Crippen molar-refractivity contribution in [2.24, 2.45) is 0 Å². The second-order valence-electron chi connectivity index (χ2n) is 5.07. The topological polar surface area (TPSA) is 30.7 Å². The van der Waals surface area contributed by atoms with Gasteiger partial charge in [0.1, 0.15) is 5.82 Å². The lowest BCUT2D eigenvalue weighted by Crippen LogP contribution is -2.00. The van der Waals surface area contributed by atoms with Gasteiger partial charge in [-0.3, -0.25) is 9.55 Å². The lowest BCUT2D eigenvalue weighted by Gasteiger charge is -2.14. The van der Waals surface area contributed by atoms with Gasteiger partial charge in [-0.15, -0.1) is 0 Å². The summed E-state index contributed by atoms with van der Waals surface area (Å²) in [5.74, 6) is 1.42. The van der Waals surface area contributed by atoms with E-state index in [1.54, 1.807) is 6.20 Å². The quantitative estimate of drug-likeness (QED) is 0.713. The third kappa shape index (κ3) is 2.23. The molecule has 0 aliphatic heterocycles. The number of benzene rings is 1. The first kappa shape index (κ1) is 12.6. The number of hydrogen-bond acceptors (Lipinski definition) is 2. The molecule has 0 saturated heterocycles. The molecule has 0 bridgehead atoms. The van der Waals surface area contributed by atoms with Crippen molar-refractivity contribution >= 4 is 0 Å². The Morgan fingerprint density at radius 1 is 1.00 bits per heavy atom. The first-order valence-corrected chi connectivity index (χ1v) is 6.80. The van der Waals surface area contributed by atoms with E-state index in [9.17, 15) is 0 Å². The van der Waals surface area contributed by atoms with Crippen LogP contribution in [0.4, 0.5) is 0 Å². The van der Waals surface area contributed by atoms with Crippen LogP contribution < -0.4 is 0 Å². The smallest absolute Gasteiger partial charge is 0.144 e. The Hall–Kier alpha value is -2.42. The van der Waals surface area contributed by atoms with Gasteiger partial charge in [0.05, 0.1) is 11.9 Å². The Kier molecular flexibility index (Phi) is 3.33. The van der Waals surface area contributed by atoms with Crippen molar-refractivity contribution in [3.63, 3.8) is 0 Å². The van der Waals surface area contributed by atoms with Crippen molar-refractivity contribution in [1.82, 2.24) is 14.5 Å². The van der Waals surface area contributed by atoms with Crippen LogP contribution in [0.1, 0.15) is 25.3 Å². The van der Waals surface area contributed by atoms with E-state index in [1.165, 1.54) is 11.1 Å². The van der Waals surface area contributed by atoms with Gasteiger partial charge >= 0.3 is 0 Å². The van der Waals surface area contributed by atoms with Crippen LogP contribution in [-0.4, -0.2) is 14.5 Å². The molecule has 3 aromatic rings. The van der Waals surface area contributed by atoms with Crippen molar-refractivity contribution in [2.75, 3.05) is 0 Å². The standard InChI is InChI=1S/C17H17N3/c1-13(2)15-7-3-4-8-16(15)17-19-10-11-20(17)14-6-5-9-18-12-14/h3-13H,1-2H3. The summed E-state index contributed by atoms with van der Waals surface area (Å²) in [6, 6.07) is 12.4.